The van der Waals surface area contributed by atoms with Crippen molar-refractivity contribution in [1.82, 2.24) is 0 Å². The summed E-state index contributed by atoms with van der Waals surface area (Å²) in [6, 6.07) is 8.03. The van der Waals surface area contributed by atoms with E-state index in [1.165, 1.54) is 12.1 Å². The Hall–Kier alpha value is -1.43. The summed E-state index contributed by atoms with van der Waals surface area (Å²) in [7, 11) is -3.85. The number of nitrogens with two attached hydrogens (primary N) is 1. The van der Waals surface area contributed by atoms with Crippen LogP contribution < -0.4 is 10.5 Å². The molecule has 0 spiro atoms. The third-order valence-electron chi connectivity index (χ3n) is 3.05. The van der Waals surface area contributed by atoms with Gasteiger partial charge in [-0.05, 0) is 43.2 Å². The first-order chi connectivity index (χ1) is 9.72. The molecule has 0 aliphatic rings. The van der Waals surface area contributed by atoms with E-state index >= 15 is 0 Å². The van der Waals surface area contributed by atoms with Gasteiger partial charge in [-0.25, -0.2) is 8.42 Å². The summed E-state index contributed by atoms with van der Waals surface area (Å²) in [5.74, 6) is 0. The van der Waals surface area contributed by atoms with Gasteiger partial charge in [0.05, 0.1) is 16.4 Å². The van der Waals surface area contributed by atoms with Gasteiger partial charge in [0.2, 0.25) is 0 Å². The number of sulfonamides is 1. The number of benzene rings is 2. The molecule has 2 aromatic carbocycles. The maximum absolute atomic E-state index is 12.6. The van der Waals surface area contributed by atoms with Crippen molar-refractivity contribution in [3.05, 3.63) is 51.5 Å². The fourth-order valence-corrected chi connectivity index (χ4v) is 3.83. The van der Waals surface area contributed by atoms with Crippen LogP contribution in [-0.2, 0) is 10.0 Å². The second-order valence-corrected chi connectivity index (χ2v) is 7.13. The molecule has 0 amide bonds. The maximum atomic E-state index is 12.6. The van der Waals surface area contributed by atoms with Crippen LogP contribution in [0.25, 0.3) is 0 Å². The van der Waals surface area contributed by atoms with Gasteiger partial charge in [-0.1, -0.05) is 35.3 Å². The molecule has 0 saturated heterocycles. The zero-order chi connectivity index (χ0) is 15.8. The van der Waals surface area contributed by atoms with E-state index in [9.17, 15) is 8.42 Å². The molecular formula is C14H14Cl2N2O2S. The van der Waals surface area contributed by atoms with Crippen LogP contribution in [0.2, 0.25) is 10.0 Å². The summed E-state index contributed by atoms with van der Waals surface area (Å²) in [6.45, 7) is 3.43. The molecule has 0 aliphatic carbocycles. The molecule has 0 heterocycles. The summed E-state index contributed by atoms with van der Waals surface area (Å²) in [5.41, 5.74) is 7.60. The van der Waals surface area contributed by atoms with Gasteiger partial charge in [-0.3, -0.25) is 4.72 Å². The van der Waals surface area contributed by atoms with Crippen molar-refractivity contribution in [2.45, 2.75) is 18.7 Å². The summed E-state index contributed by atoms with van der Waals surface area (Å²) in [6.07, 6.45) is 0. The van der Waals surface area contributed by atoms with Gasteiger partial charge >= 0.3 is 0 Å². The predicted octanol–water partition coefficient (Wildman–Crippen LogP) is 3.99. The molecule has 0 bridgehead atoms. The highest BCUT2D eigenvalue weighted by Crippen LogP contribution is 2.31. The van der Waals surface area contributed by atoms with Crippen LogP contribution >= 0.6 is 23.2 Å². The summed E-state index contributed by atoms with van der Waals surface area (Å²) >= 11 is 11.8. The van der Waals surface area contributed by atoms with Gasteiger partial charge in [-0.15, -0.1) is 0 Å². The Labute approximate surface area is 133 Å². The van der Waals surface area contributed by atoms with E-state index in [0.29, 0.717) is 16.1 Å². The third kappa shape index (κ3) is 3.26. The minimum absolute atomic E-state index is 0.0542. The average molecular weight is 345 g/mol. The van der Waals surface area contributed by atoms with E-state index in [-0.39, 0.29) is 21.3 Å². The lowest BCUT2D eigenvalue weighted by molar-refractivity contribution is 0.601. The molecule has 3 N–H and O–H groups in total. The topological polar surface area (TPSA) is 72.2 Å². The Kier molecular flexibility index (Phi) is 4.37. The molecule has 4 nitrogen and oxygen atoms in total. The first-order valence-corrected chi connectivity index (χ1v) is 8.30. The van der Waals surface area contributed by atoms with Crippen molar-refractivity contribution in [2.75, 3.05) is 10.5 Å². The molecule has 0 radical (unpaired) electrons. The number of anilines is 2. The first-order valence-electron chi connectivity index (χ1n) is 6.06. The normalized spacial score (nSPS) is 11.4. The van der Waals surface area contributed by atoms with E-state index in [0.717, 1.165) is 0 Å². The number of rotatable bonds is 3. The second kappa shape index (κ2) is 5.75. The number of nitrogen functional groups attached to an aromatic ring is 1. The smallest absolute Gasteiger partial charge is 0.264 e. The monoisotopic (exact) mass is 344 g/mol. The van der Waals surface area contributed by atoms with Crippen molar-refractivity contribution >= 4 is 44.6 Å². The third-order valence-corrected chi connectivity index (χ3v) is 5.19. The highest BCUT2D eigenvalue weighted by Gasteiger charge is 2.22. The molecule has 0 aliphatic heterocycles. The average Bonchev–Trinajstić information content (AvgIpc) is 2.38. The van der Waals surface area contributed by atoms with E-state index in [1.807, 2.05) is 0 Å². The van der Waals surface area contributed by atoms with E-state index in [1.54, 1.807) is 32.0 Å². The van der Waals surface area contributed by atoms with Crippen LogP contribution in [0.5, 0.6) is 0 Å². The summed E-state index contributed by atoms with van der Waals surface area (Å²) in [4.78, 5) is 0.0542. The van der Waals surface area contributed by atoms with Gasteiger partial charge in [-0.2, -0.15) is 0 Å². The molecule has 21 heavy (non-hydrogen) atoms. The zero-order valence-electron chi connectivity index (χ0n) is 11.4. The largest absolute Gasteiger partial charge is 0.397 e. The van der Waals surface area contributed by atoms with Crippen molar-refractivity contribution in [3.8, 4) is 0 Å². The Morgan fingerprint density at radius 3 is 2.33 bits per heavy atom. The number of halogens is 2. The summed E-state index contributed by atoms with van der Waals surface area (Å²) in [5, 5.41) is 0.637. The molecule has 7 heteroatoms. The van der Waals surface area contributed by atoms with Gasteiger partial charge in [0.15, 0.2) is 0 Å². The lowest BCUT2D eigenvalue weighted by atomic mass is 10.1. The molecule has 2 aromatic rings. The first kappa shape index (κ1) is 15.9. The number of hydrogen-bond donors (Lipinski definition) is 2. The minimum atomic E-state index is -3.85. The molecular weight excluding hydrogens is 331 g/mol. The molecule has 112 valence electrons. The molecule has 0 atom stereocenters. The SMILES string of the molecule is Cc1ccc(C)c(S(=O)(=O)Nc2cc(Cl)ccc2Cl)c1N. The van der Waals surface area contributed by atoms with Crippen LogP contribution in [0.15, 0.2) is 35.2 Å². The standard InChI is InChI=1S/C14H14Cl2N2O2S/c1-8-3-4-9(2)14(13(8)17)21(19,20)18-12-7-10(15)5-6-11(12)16/h3-7,18H,17H2,1-2H3. The van der Waals surface area contributed by atoms with Crippen LogP contribution in [0.4, 0.5) is 11.4 Å². The number of hydrogen-bond acceptors (Lipinski definition) is 3. The molecule has 0 unspecified atom stereocenters. The van der Waals surface area contributed by atoms with Crippen LogP contribution in [0.3, 0.4) is 0 Å². The van der Waals surface area contributed by atoms with E-state index in [2.05, 4.69) is 4.72 Å². The van der Waals surface area contributed by atoms with Crippen molar-refractivity contribution in [3.63, 3.8) is 0 Å². The van der Waals surface area contributed by atoms with Gasteiger partial charge in [0.1, 0.15) is 4.90 Å². The Morgan fingerprint density at radius 2 is 1.67 bits per heavy atom. The molecule has 0 saturated carbocycles. The highest BCUT2D eigenvalue weighted by atomic mass is 35.5. The maximum Gasteiger partial charge on any atom is 0.264 e. The van der Waals surface area contributed by atoms with Crippen LogP contribution in [0, 0.1) is 13.8 Å². The quantitative estimate of drug-likeness (QED) is 0.826. The van der Waals surface area contributed by atoms with Gasteiger partial charge in [0, 0.05) is 5.02 Å². The van der Waals surface area contributed by atoms with Crippen molar-refractivity contribution in [1.29, 1.82) is 0 Å². The fraction of sp³-hybridized carbons (Fsp3) is 0.143. The highest BCUT2D eigenvalue weighted by molar-refractivity contribution is 7.93. The van der Waals surface area contributed by atoms with E-state index < -0.39 is 10.0 Å². The Balaban J connectivity index is 2.54. The van der Waals surface area contributed by atoms with Crippen LogP contribution in [-0.4, -0.2) is 8.42 Å². The molecule has 0 fully saturated rings. The summed E-state index contributed by atoms with van der Waals surface area (Å²) < 4.78 is 27.6. The molecule has 2 rings (SSSR count). The zero-order valence-corrected chi connectivity index (χ0v) is 13.8. The fourth-order valence-electron chi connectivity index (χ4n) is 1.94. The predicted molar refractivity (Wildman–Crippen MR) is 87.6 cm³/mol. The van der Waals surface area contributed by atoms with Crippen molar-refractivity contribution in [2.24, 2.45) is 0 Å². The van der Waals surface area contributed by atoms with Gasteiger partial charge < -0.3 is 5.73 Å². The van der Waals surface area contributed by atoms with Crippen molar-refractivity contribution < 1.29 is 8.42 Å². The molecule has 0 aromatic heterocycles. The lowest BCUT2D eigenvalue weighted by Crippen LogP contribution is -2.17. The second-order valence-electron chi connectivity index (χ2n) is 4.67. The Morgan fingerprint density at radius 1 is 1.05 bits per heavy atom. The Bertz CT molecular complexity index is 805. The van der Waals surface area contributed by atoms with E-state index in [4.69, 9.17) is 28.9 Å². The number of aryl methyl sites for hydroxylation is 2. The van der Waals surface area contributed by atoms with Crippen LogP contribution in [0.1, 0.15) is 11.1 Å². The van der Waals surface area contributed by atoms with Gasteiger partial charge in [0.25, 0.3) is 10.0 Å². The lowest BCUT2D eigenvalue weighted by Gasteiger charge is -2.15. The minimum Gasteiger partial charge on any atom is -0.397 e. The number of nitrogens with one attached hydrogen (secondary N) is 1.